The lowest BCUT2D eigenvalue weighted by atomic mass is 9.51. The molecule has 0 aliphatic heterocycles. The lowest BCUT2D eigenvalue weighted by Crippen LogP contribution is -2.55. The molecule has 1 saturated carbocycles. The fraction of sp³-hybridized carbons (Fsp3) is 0.900. The van der Waals surface area contributed by atoms with E-state index in [0.717, 1.165) is 32.1 Å². The monoisotopic (exact) mass is 340 g/mol. The number of carboxylic acid groups (broad SMARTS) is 2. The van der Waals surface area contributed by atoms with Crippen LogP contribution in [0, 0.1) is 16.7 Å². The summed E-state index contributed by atoms with van der Waals surface area (Å²) >= 11 is 0. The van der Waals surface area contributed by atoms with Crippen LogP contribution in [0.2, 0.25) is 0 Å². The van der Waals surface area contributed by atoms with Gasteiger partial charge in [0.05, 0.1) is 10.8 Å². The molecule has 1 fully saturated rings. The fourth-order valence-electron chi connectivity index (χ4n) is 4.72. The molecule has 24 heavy (non-hydrogen) atoms. The van der Waals surface area contributed by atoms with Gasteiger partial charge in [0.25, 0.3) is 0 Å². The van der Waals surface area contributed by atoms with Crippen molar-refractivity contribution < 1.29 is 19.8 Å². The predicted octanol–water partition coefficient (Wildman–Crippen LogP) is 5.50. The van der Waals surface area contributed by atoms with Crippen molar-refractivity contribution in [2.24, 2.45) is 16.7 Å². The van der Waals surface area contributed by atoms with E-state index in [9.17, 15) is 19.8 Å². The Morgan fingerprint density at radius 2 is 1.38 bits per heavy atom. The molecule has 0 bridgehead atoms. The molecular formula is C20H36O4. The standard InChI is InChI=1S/C20H36O4/c1-4-5-6-7-8-9-12-19(17(21)22)13-10-11-14-20(19,18(23)24)15-16(2)3/h16H,4-15H2,1-3H3,(H,21,22)(H,23,24). The molecular weight excluding hydrogens is 304 g/mol. The highest BCUT2D eigenvalue weighted by molar-refractivity contribution is 5.87. The second-order valence-electron chi connectivity index (χ2n) is 8.10. The van der Waals surface area contributed by atoms with Crippen LogP contribution in [0.3, 0.4) is 0 Å². The number of aliphatic carboxylic acids is 2. The summed E-state index contributed by atoms with van der Waals surface area (Å²) in [4.78, 5) is 24.5. The van der Waals surface area contributed by atoms with Crippen LogP contribution < -0.4 is 0 Å². The summed E-state index contributed by atoms with van der Waals surface area (Å²) in [7, 11) is 0. The normalized spacial score (nSPS) is 27.3. The molecule has 2 unspecified atom stereocenters. The third kappa shape index (κ3) is 4.52. The molecule has 0 aromatic heterocycles. The van der Waals surface area contributed by atoms with Gasteiger partial charge in [0.15, 0.2) is 0 Å². The first-order valence-electron chi connectivity index (χ1n) is 9.79. The minimum absolute atomic E-state index is 0.183. The van der Waals surface area contributed by atoms with Gasteiger partial charge in [-0.3, -0.25) is 9.59 Å². The SMILES string of the molecule is CCCCCCCCC1(C(=O)O)CCCCC1(CC(C)C)C(=O)O. The number of hydrogen-bond acceptors (Lipinski definition) is 2. The largest absolute Gasteiger partial charge is 0.481 e. The second-order valence-corrected chi connectivity index (χ2v) is 8.10. The number of unbranched alkanes of at least 4 members (excludes halogenated alkanes) is 5. The van der Waals surface area contributed by atoms with Crippen molar-refractivity contribution in [3.05, 3.63) is 0 Å². The Morgan fingerprint density at radius 3 is 1.88 bits per heavy atom. The van der Waals surface area contributed by atoms with E-state index in [0.29, 0.717) is 25.7 Å². The maximum absolute atomic E-state index is 12.3. The van der Waals surface area contributed by atoms with E-state index in [1.807, 2.05) is 13.8 Å². The minimum Gasteiger partial charge on any atom is -0.481 e. The van der Waals surface area contributed by atoms with Gasteiger partial charge < -0.3 is 10.2 Å². The number of carboxylic acids is 2. The van der Waals surface area contributed by atoms with Crippen LogP contribution in [0.5, 0.6) is 0 Å². The molecule has 0 amide bonds. The van der Waals surface area contributed by atoms with Crippen LogP contribution in [0.15, 0.2) is 0 Å². The average molecular weight is 341 g/mol. The summed E-state index contributed by atoms with van der Waals surface area (Å²) in [5.41, 5.74) is -2.19. The summed E-state index contributed by atoms with van der Waals surface area (Å²) in [6, 6.07) is 0. The Balaban J connectivity index is 2.96. The zero-order valence-corrected chi connectivity index (χ0v) is 15.8. The molecule has 2 N–H and O–H groups in total. The van der Waals surface area contributed by atoms with Crippen LogP contribution in [0.4, 0.5) is 0 Å². The van der Waals surface area contributed by atoms with Crippen molar-refractivity contribution >= 4 is 11.9 Å². The molecule has 4 heteroatoms. The van der Waals surface area contributed by atoms with Gasteiger partial charge in [0.1, 0.15) is 0 Å². The van der Waals surface area contributed by atoms with Crippen molar-refractivity contribution in [1.29, 1.82) is 0 Å². The highest BCUT2D eigenvalue weighted by atomic mass is 16.4. The third-order valence-corrected chi connectivity index (χ3v) is 5.91. The second kappa shape index (κ2) is 9.43. The first-order valence-corrected chi connectivity index (χ1v) is 9.79. The highest BCUT2D eigenvalue weighted by Crippen LogP contribution is 2.57. The summed E-state index contributed by atoms with van der Waals surface area (Å²) in [5, 5.41) is 20.1. The number of carbonyl (C=O) groups is 2. The molecule has 1 aliphatic carbocycles. The van der Waals surface area contributed by atoms with Crippen molar-refractivity contribution in [2.75, 3.05) is 0 Å². The maximum atomic E-state index is 12.3. The Labute approximate surface area is 147 Å². The van der Waals surface area contributed by atoms with E-state index in [4.69, 9.17) is 0 Å². The van der Waals surface area contributed by atoms with E-state index < -0.39 is 22.8 Å². The summed E-state index contributed by atoms with van der Waals surface area (Å²) in [5.74, 6) is -1.61. The van der Waals surface area contributed by atoms with Crippen molar-refractivity contribution in [3.8, 4) is 0 Å². The molecule has 140 valence electrons. The van der Waals surface area contributed by atoms with Crippen molar-refractivity contribution in [2.45, 2.75) is 97.8 Å². The summed E-state index contributed by atoms with van der Waals surface area (Å²) < 4.78 is 0. The summed E-state index contributed by atoms with van der Waals surface area (Å²) in [6.07, 6.45) is 10.2. The third-order valence-electron chi connectivity index (χ3n) is 5.91. The quantitative estimate of drug-likeness (QED) is 0.487. The van der Waals surface area contributed by atoms with Crippen LogP contribution in [0.25, 0.3) is 0 Å². The van der Waals surface area contributed by atoms with Gasteiger partial charge in [0, 0.05) is 0 Å². The Kier molecular flexibility index (Phi) is 8.24. The van der Waals surface area contributed by atoms with E-state index in [1.165, 1.54) is 19.3 Å². The van der Waals surface area contributed by atoms with E-state index in [2.05, 4.69) is 6.92 Å². The van der Waals surface area contributed by atoms with Gasteiger partial charge in [-0.15, -0.1) is 0 Å². The lowest BCUT2D eigenvalue weighted by molar-refractivity contribution is -0.183. The lowest BCUT2D eigenvalue weighted by Gasteiger charge is -2.49. The van der Waals surface area contributed by atoms with Crippen LogP contribution >= 0.6 is 0 Å². The van der Waals surface area contributed by atoms with Gasteiger partial charge in [-0.25, -0.2) is 0 Å². The molecule has 0 spiro atoms. The maximum Gasteiger partial charge on any atom is 0.310 e. The number of hydrogen-bond donors (Lipinski definition) is 2. The molecule has 2 atom stereocenters. The van der Waals surface area contributed by atoms with Crippen molar-refractivity contribution in [1.82, 2.24) is 0 Å². The minimum atomic E-state index is -1.10. The van der Waals surface area contributed by atoms with Gasteiger partial charge in [-0.2, -0.15) is 0 Å². The summed E-state index contributed by atoms with van der Waals surface area (Å²) in [6.45, 7) is 6.17. The van der Waals surface area contributed by atoms with Gasteiger partial charge in [-0.05, 0) is 31.6 Å². The predicted molar refractivity (Wildman–Crippen MR) is 96.1 cm³/mol. The van der Waals surface area contributed by atoms with Gasteiger partial charge >= 0.3 is 11.9 Å². The zero-order chi connectivity index (χ0) is 18.2. The van der Waals surface area contributed by atoms with Gasteiger partial charge in [0.2, 0.25) is 0 Å². The molecule has 0 aromatic rings. The molecule has 0 saturated heterocycles. The Hall–Kier alpha value is -1.06. The zero-order valence-electron chi connectivity index (χ0n) is 15.8. The molecule has 1 aliphatic rings. The average Bonchev–Trinajstić information content (AvgIpc) is 2.51. The van der Waals surface area contributed by atoms with Crippen LogP contribution in [-0.2, 0) is 9.59 Å². The Morgan fingerprint density at radius 1 is 0.875 bits per heavy atom. The van der Waals surface area contributed by atoms with E-state index >= 15 is 0 Å². The smallest absolute Gasteiger partial charge is 0.310 e. The molecule has 4 nitrogen and oxygen atoms in total. The first kappa shape index (κ1) is 21.0. The molecule has 1 rings (SSSR count). The van der Waals surface area contributed by atoms with E-state index in [1.54, 1.807) is 0 Å². The fourth-order valence-corrected chi connectivity index (χ4v) is 4.72. The molecule has 0 aromatic carbocycles. The highest BCUT2D eigenvalue weighted by Gasteiger charge is 2.61. The Bertz CT molecular complexity index is 418. The van der Waals surface area contributed by atoms with Crippen LogP contribution in [0.1, 0.15) is 97.8 Å². The van der Waals surface area contributed by atoms with Crippen molar-refractivity contribution in [3.63, 3.8) is 0 Å². The van der Waals surface area contributed by atoms with Crippen LogP contribution in [-0.4, -0.2) is 22.2 Å². The molecule has 0 radical (unpaired) electrons. The molecule has 0 heterocycles. The topological polar surface area (TPSA) is 74.6 Å². The van der Waals surface area contributed by atoms with E-state index in [-0.39, 0.29) is 5.92 Å². The number of rotatable bonds is 11. The van der Waals surface area contributed by atoms with Gasteiger partial charge in [-0.1, -0.05) is 72.1 Å². The first-order chi connectivity index (χ1) is 11.3.